The van der Waals surface area contributed by atoms with Crippen molar-refractivity contribution >= 4 is 35.6 Å². The number of rotatable bonds is 7. The molecule has 2 saturated heterocycles. The SMILES string of the molecule is CCNC(=NCc1ccc(N2CCC(O)CC2)c(F)c1)N(C)CCC1CCOCC1.I. The second-order valence-electron chi connectivity index (χ2n) is 8.44. The molecule has 2 N–H and O–H groups in total. The molecule has 0 atom stereocenters. The molecule has 0 aromatic heterocycles. The van der Waals surface area contributed by atoms with Gasteiger partial charge >= 0.3 is 0 Å². The first-order chi connectivity index (χ1) is 14.6. The Hall–Kier alpha value is -1.13. The molecule has 0 radical (unpaired) electrons. The number of nitrogens with one attached hydrogen (secondary N) is 1. The Labute approximate surface area is 203 Å². The molecular weight excluding hydrogens is 510 g/mol. The molecule has 0 saturated carbocycles. The van der Waals surface area contributed by atoms with Crippen molar-refractivity contribution < 1.29 is 14.2 Å². The van der Waals surface area contributed by atoms with Crippen molar-refractivity contribution in [3.63, 3.8) is 0 Å². The zero-order valence-corrected chi connectivity index (χ0v) is 21.2. The van der Waals surface area contributed by atoms with Crippen LogP contribution >= 0.6 is 24.0 Å². The van der Waals surface area contributed by atoms with Crippen LogP contribution in [0.25, 0.3) is 0 Å². The van der Waals surface area contributed by atoms with E-state index in [1.807, 2.05) is 17.0 Å². The molecule has 1 aromatic carbocycles. The standard InChI is InChI=1S/C23H37FN4O2.HI/c1-3-25-23(27(2)11-6-18-9-14-30-15-10-18)26-17-19-4-5-22(21(24)16-19)28-12-7-20(29)8-13-28;/h4-5,16,18,20,29H,3,6-15,17H2,1-2H3,(H,25,26);1H. The fraction of sp³-hybridized carbons (Fsp3) is 0.696. The molecule has 6 nitrogen and oxygen atoms in total. The molecule has 3 rings (SSSR count). The predicted octanol–water partition coefficient (Wildman–Crippen LogP) is 3.62. The highest BCUT2D eigenvalue weighted by atomic mass is 127. The van der Waals surface area contributed by atoms with Crippen LogP contribution in [0.3, 0.4) is 0 Å². The van der Waals surface area contributed by atoms with Crippen molar-refractivity contribution in [2.45, 2.75) is 51.7 Å². The summed E-state index contributed by atoms with van der Waals surface area (Å²) in [6.45, 7) is 7.39. The Morgan fingerprint density at radius 1 is 1.26 bits per heavy atom. The van der Waals surface area contributed by atoms with E-state index < -0.39 is 0 Å². The van der Waals surface area contributed by atoms with Crippen molar-refractivity contribution in [1.82, 2.24) is 10.2 Å². The number of nitrogens with zero attached hydrogens (tertiary/aromatic N) is 3. The third-order valence-corrected chi connectivity index (χ3v) is 6.14. The Morgan fingerprint density at radius 2 is 1.97 bits per heavy atom. The average molecular weight is 548 g/mol. The van der Waals surface area contributed by atoms with Crippen molar-refractivity contribution in [3.8, 4) is 0 Å². The molecule has 0 bridgehead atoms. The molecule has 8 heteroatoms. The third kappa shape index (κ3) is 8.05. The van der Waals surface area contributed by atoms with Gasteiger partial charge in [0, 0.05) is 46.4 Å². The van der Waals surface area contributed by atoms with Crippen molar-refractivity contribution in [3.05, 3.63) is 29.6 Å². The maximum Gasteiger partial charge on any atom is 0.193 e. The molecule has 2 heterocycles. The molecule has 2 aliphatic rings. The van der Waals surface area contributed by atoms with Crippen LogP contribution < -0.4 is 10.2 Å². The second-order valence-corrected chi connectivity index (χ2v) is 8.44. The van der Waals surface area contributed by atoms with Crippen LogP contribution in [0.15, 0.2) is 23.2 Å². The summed E-state index contributed by atoms with van der Waals surface area (Å²) in [6.07, 6.45) is 4.55. The summed E-state index contributed by atoms with van der Waals surface area (Å²) in [4.78, 5) is 8.92. The number of aliphatic hydroxyl groups excluding tert-OH is 1. The van der Waals surface area contributed by atoms with Gasteiger partial charge in [-0.15, -0.1) is 24.0 Å². The summed E-state index contributed by atoms with van der Waals surface area (Å²) < 4.78 is 20.1. The fourth-order valence-corrected chi connectivity index (χ4v) is 4.17. The minimum absolute atomic E-state index is 0. The minimum atomic E-state index is -0.258. The van der Waals surface area contributed by atoms with Gasteiger partial charge in [0.05, 0.1) is 18.3 Å². The predicted molar refractivity (Wildman–Crippen MR) is 135 cm³/mol. The topological polar surface area (TPSA) is 60.3 Å². The number of ether oxygens (including phenoxy) is 1. The zero-order valence-electron chi connectivity index (χ0n) is 18.9. The Balaban J connectivity index is 0.00000341. The van der Waals surface area contributed by atoms with Crippen molar-refractivity contribution in [1.29, 1.82) is 0 Å². The number of hydrogen-bond donors (Lipinski definition) is 2. The first kappa shape index (κ1) is 26.1. The lowest BCUT2D eigenvalue weighted by atomic mass is 9.96. The third-order valence-electron chi connectivity index (χ3n) is 6.14. The van der Waals surface area contributed by atoms with Gasteiger partial charge < -0.3 is 25.0 Å². The number of guanidine groups is 1. The maximum absolute atomic E-state index is 14.7. The van der Waals surface area contributed by atoms with E-state index in [0.29, 0.717) is 38.2 Å². The molecular formula is C23H38FIN4O2. The monoisotopic (exact) mass is 548 g/mol. The van der Waals surface area contributed by atoms with E-state index in [1.165, 1.54) is 0 Å². The van der Waals surface area contributed by atoms with Gasteiger partial charge in [-0.3, -0.25) is 0 Å². The number of aliphatic imine (C=N–C) groups is 1. The number of anilines is 1. The van der Waals surface area contributed by atoms with Gasteiger partial charge in [-0.25, -0.2) is 9.38 Å². The highest BCUT2D eigenvalue weighted by Crippen LogP contribution is 2.24. The number of aliphatic hydroxyl groups is 1. The van der Waals surface area contributed by atoms with E-state index in [-0.39, 0.29) is 35.9 Å². The van der Waals surface area contributed by atoms with Crippen molar-refractivity contribution in [2.24, 2.45) is 10.9 Å². The van der Waals surface area contributed by atoms with Crippen LogP contribution in [0.4, 0.5) is 10.1 Å². The molecule has 31 heavy (non-hydrogen) atoms. The lowest BCUT2D eigenvalue weighted by Gasteiger charge is -2.31. The van der Waals surface area contributed by atoms with Gasteiger partial charge in [0.25, 0.3) is 0 Å². The van der Waals surface area contributed by atoms with Crippen LogP contribution in [0, 0.1) is 11.7 Å². The second kappa shape index (κ2) is 13.4. The molecule has 0 unspecified atom stereocenters. The first-order valence-corrected chi connectivity index (χ1v) is 11.4. The normalized spacial score (nSPS) is 18.6. The van der Waals surface area contributed by atoms with E-state index in [9.17, 15) is 9.50 Å². The van der Waals surface area contributed by atoms with E-state index in [2.05, 4.69) is 24.2 Å². The first-order valence-electron chi connectivity index (χ1n) is 11.4. The zero-order chi connectivity index (χ0) is 21.3. The Morgan fingerprint density at radius 3 is 2.61 bits per heavy atom. The highest BCUT2D eigenvalue weighted by molar-refractivity contribution is 14.0. The van der Waals surface area contributed by atoms with Crippen LogP contribution in [0.5, 0.6) is 0 Å². The lowest BCUT2D eigenvalue weighted by molar-refractivity contribution is 0.0625. The van der Waals surface area contributed by atoms with Gasteiger partial charge in [-0.2, -0.15) is 0 Å². The summed E-state index contributed by atoms with van der Waals surface area (Å²) in [6, 6.07) is 5.40. The number of benzene rings is 1. The summed E-state index contributed by atoms with van der Waals surface area (Å²) >= 11 is 0. The van der Waals surface area contributed by atoms with Gasteiger partial charge in [0.15, 0.2) is 5.96 Å². The summed E-state index contributed by atoms with van der Waals surface area (Å²) in [7, 11) is 2.06. The molecule has 2 aliphatic heterocycles. The number of piperidine rings is 1. The molecule has 2 fully saturated rings. The Bertz CT molecular complexity index is 692. The van der Waals surface area contributed by atoms with E-state index in [4.69, 9.17) is 9.73 Å². The quantitative estimate of drug-likeness (QED) is 0.310. The smallest absolute Gasteiger partial charge is 0.193 e. The van der Waals surface area contributed by atoms with Crippen LogP contribution in [0.1, 0.15) is 44.6 Å². The van der Waals surface area contributed by atoms with E-state index in [1.54, 1.807) is 6.07 Å². The van der Waals surface area contributed by atoms with E-state index >= 15 is 0 Å². The largest absolute Gasteiger partial charge is 0.393 e. The van der Waals surface area contributed by atoms with Gasteiger partial charge in [-0.05, 0) is 62.6 Å². The van der Waals surface area contributed by atoms with Gasteiger partial charge in [-0.1, -0.05) is 6.07 Å². The van der Waals surface area contributed by atoms with E-state index in [0.717, 1.165) is 63.0 Å². The van der Waals surface area contributed by atoms with Crippen LogP contribution in [-0.4, -0.2) is 68.5 Å². The molecule has 0 spiro atoms. The molecule has 176 valence electrons. The number of halogens is 2. The number of hydrogen-bond acceptors (Lipinski definition) is 4. The minimum Gasteiger partial charge on any atom is -0.393 e. The summed E-state index contributed by atoms with van der Waals surface area (Å²) in [5.74, 6) is 1.37. The van der Waals surface area contributed by atoms with Gasteiger partial charge in [0.1, 0.15) is 5.82 Å². The van der Waals surface area contributed by atoms with Crippen molar-refractivity contribution in [2.75, 3.05) is 51.3 Å². The van der Waals surface area contributed by atoms with Crippen LogP contribution in [0.2, 0.25) is 0 Å². The molecule has 0 amide bonds. The van der Waals surface area contributed by atoms with Gasteiger partial charge in [0.2, 0.25) is 0 Å². The average Bonchev–Trinajstić information content (AvgIpc) is 2.76. The summed E-state index contributed by atoms with van der Waals surface area (Å²) in [5, 5.41) is 13.0. The maximum atomic E-state index is 14.7. The molecule has 1 aromatic rings. The lowest BCUT2D eigenvalue weighted by Crippen LogP contribution is -2.40. The van der Waals surface area contributed by atoms with Crippen LogP contribution in [-0.2, 0) is 11.3 Å². The Kier molecular flexibility index (Phi) is 11.3. The fourth-order valence-electron chi connectivity index (χ4n) is 4.17. The molecule has 0 aliphatic carbocycles. The highest BCUT2D eigenvalue weighted by Gasteiger charge is 2.20. The summed E-state index contributed by atoms with van der Waals surface area (Å²) in [5.41, 5.74) is 1.48.